The molecule has 15 heavy (non-hydrogen) atoms. The lowest BCUT2D eigenvalue weighted by Gasteiger charge is -2.17. The highest BCUT2D eigenvalue weighted by molar-refractivity contribution is 5.54. The van der Waals surface area contributed by atoms with Crippen molar-refractivity contribution in [3.05, 3.63) is 35.7 Å². The first-order valence-corrected chi connectivity index (χ1v) is 4.82. The number of rotatable bonds is 1. The van der Waals surface area contributed by atoms with Crippen LogP contribution in [0.25, 0.3) is 5.52 Å². The van der Waals surface area contributed by atoms with E-state index < -0.39 is 5.54 Å². The van der Waals surface area contributed by atoms with Crippen LogP contribution in [-0.2, 0) is 5.54 Å². The van der Waals surface area contributed by atoms with Crippen LogP contribution < -0.4 is 5.73 Å². The third-order valence-corrected chi connectivity index (χ3v) is 2.38. The van der Waals surface area contributed by atoms with Crippen molar-refractivity contribution in [1.82, 2.24) is 9.38 Å². The van der Waals surface area contributed by atoms with E-state index in [0.717, 1.165) is 11.1 Å². The molecule has 2 heterocycles. The highest BCUT2D eigenvalue weighted by Crippen LogP contribution is 2.20. The summed E-state index contributed by atoms with van der Waals surface area (Å²) in [5.74, 6) is 0.392. The molecule has 2 aromatic heterocycles. The first-order valence-electron chi connectivity index (χ1n) is 4.82. The largest absolute Gasteiger partial charge is 0.319 e. The van der Waals surface area contributed by atoms with Gasteiger partial charge in [0.25, 0.3) is 0 Å². The van der Waals surface area contributed by atoms with E-state index in [9.17, 15) is 4.39 Å². The molecule has 0 aliphatic carbocycles. The van der Waals surface area contributed by atoms with Crippen LogP contribution in [-0.4, -0.2) is 9.38 Å². The molecule has 0 aliphatic rings. The quantitative estimate of drug-likeness (QED) is 0.777. The molecule has 0 aliphatic heterocycles. The number of aryl methyl sites for hydroxylation is 1. The maximum atomic E-state index is 13.3. The number of fused-ring (bicyclic) bond motifs is 1. The van der Waals surface area contributed by atoms with Crippen LogP contribution in [0.2, 0.25) is 0 Å². The van der Waals surface area contributed by atoms with Gasteiger partial charge >= 0.3 is 0 Å². The summed E-state index contributed by atoms with van der Waals surface area (Å²) in [4.78, 5) is 4.24. The summed E-state index contributed by atoms with van der Waals surface area (Å²) in [6, 6.07) is 1.49. The van der Waals surface area contributed by atoms with Crippen molar-refractivity contribution in [2.75, 3.05) is 0 Å². The number of aromatic nitrogens is 2. The highest BCUT2D eigenvalue weighted by atomic mass is 19.1. The van der Waals surface area contributed by atoms with Crippen molar-refractivity contribution >= 4 is 5.52 Å². The lowest BCUT2D eigenvalue weighted by atomic mass is 10.1. The molecule has 2 aromatic rings. The van der Waals surface area contributed by atoms with Gasteiger partial charge in [0, 0.05) is 6.20 Å². The molecular weight excluding hydrogens is 193 g/mol. The average molecular weight is 207 g/mol. The van der Waals surface area contributed by atoms with Gasteiger partial charge in [0.1, 0.15) is 11.6 Å². The van der Waals surface area contributed by atoms with E-state index in [1.807, 2.05) is 20.8 Å². The molecule has 0 radical (unpaired) electrons. The fourth-order valence-corrected chi connectivity index (χ4v) is 1.70. The number of pyridine rings is 1. The lowest BCUT2D eigenvalue weighted by molar-refractivity contribution is 0.508. The monoisotopic (exact) mass is 207 g/mol. The summed E-state index contributed by atoms with van der Waals surface area (Å²) in [5, 5.41) is 0. The van der Waals surface area contributed by atoms with Crippen LogP contribution in [0.4, 0.5) is 4.39 Å². The van der Waals surface area contributed by atoms with E-state index in [2.05, 4.69) is 4.98 Å². The van der Waals surface area contributed by atoms with Crippen LogP contribution in [0, 0.1) is 12.7 Å². The van der Waals surface area contributed by atoms with Crippen molar-refractivity contribution in [3.63, 3.8) is 0 Å². The van der Waals surface area contributed by atoms with Crippen molar-refractivity contribution in [3.8, 4) is 0 Å². The van der Waals surface area contributed by atoms with Crippen LogP contribution in [0.1, 0.15) is 25.2 Å². The van der Waals surface area contributed by atoms with E-state index in [0.29, 0.717) is 5.82 Å². The van der Waals surface area contributed by atoms with E-state index in [4.69, 9.17) is 5.73 Å². The molecule has 2 N–H and O–H groups in total. The third-order valence-electron chi connectivity index (χ3n) is 2.38. The van der Waals surface area contributed by atoms with E-state index in [1.165, 1.54) is 12.3 Å². The molecule has 3 nitrogen and oxygen atoms in total. The van der Waals surface area contributed by atoms with Crippen molar-refractivity contribution in [2.24, 2.45) is 5.73 Å². The molecule has 4 heteroatoms. The Bertz CT molecular complexity index is 508. The molecule has 2 rings (SSSR count). The Morgan fingerprint density at radius 2 is 2.13 bits per heavy atom. The van der Waals surface area contributed by atoms with Gasteiger partial charge in [0.2, 0.25) is 0 Å². The van der Waals surface area contributed by atoms with Gasteiger partial charge in [-0.3, -0.25) is 4.40 Å². The Morgan fingerprint density at radius 1 is 1.47 bits per heavy atom. The van der Waals surface area contributed by atoms with Gasteiger partial charge in [0.15, 0.2) is 0 Å². The molecule has 0 spiro atoms. The molecule has 0 fully saturated rings. The van der Waals surface area contributed by atoms with Crippen molar-refractivity contribution in [1.29, 1.82) is 0 Å². The zero-order valence-electron chi connectivity index (χ0n) is 9.08. The van der Waals surface area contributed by atoms with Gasteiger partial charge in [-0.05, 0) is 32.4 Å². The summed E-state index contributed by atoms with van der Waals surface area (Å²) in [7, 11) is 0. The molecule has 0 saturated heterocycles. The average Bonchev–Trinajstić information content (AvgIpc) is 2.45. The van der Waals surface area contributed by atoms with E-state index >= 15 is 0 Å². The predicted molar refractivity (Wildman–Crippen MR) is 57.1 cm³/mol. The lowest BCUT2D eigenvalue weighted by Crippen LogP contribution is -2.31. The van der Waals surface area contributed by atoms with Gasteiger partial charge in [-0.2, -0.15) is 0 Å². The minimum atomic E-state index is -0.577. The first-order chi connectivity index (χ1) is 6.89. The number of hydrogen-bond donors (Lipinski definition) is 1. The van der Waals surface area contributed by atoms with Crippen molar-refractivity contribution in [2.45, 2.75) is 26.3 Å². The molecule has 80 valence electrons. The van der Waals surface area contributed by atoms with Gasteiger partial charge in [0.05, 0.1) is 17.3 Å². The number of nitrogens with two attached hydrogens (primary N) is 1. The highest BCUT2D eigenvalue weighted by Gasteiger charge is 2.20. The molecular formula is C11H14FN3. The molecule has 0 saturated carbocycles. The van der Waals surface area contributed by atoms with Gasteiger partial charge < -0.3 is 5.73 Å². The summed E-state index contributed by atoms with van der Waals surface area (Å²) >= 11 is 0. The maximum Gasteiger partial charge on any atom is 0.140 e. The Kier molecular flexibility index (Phi) is 2.04. The normalized spacial score (nSPS) is 12.3. The Balaban J connectivity index is 2.80. The molecule has 0 amide bonds. The zero-order chi connectivity index (χ0) is 11.2. The fourth-order valence-electron chi connectivity index (χ4n) is 1.70. The topological polar surface area (TPSA) is 43.3 Å². The summed E-state index contributed by atoms with van der Waals surface area (Å²) < 4.78 is 15.0. The molecule has 0 aromatic carbocycles. The van der Waals surface area contributed by atoms with Crippen LogP contribution >= 0.6 is 0 Å². The standard InChI is InChI=1S/C11H14FN3/c1-7-4-8(12)6-15-9(7)5-14-10(15)11(2,3)13/h4-6H,13H2,1-3H3. The SMILES string of the molecule is Cc1cc(F)cn2c(C(C)(C)N)ncc12. The minimum Gasteiger partial charge on any atom is -0.319 e. The van der Waals surface area contributed by atoms with E-state index in [-0.39, 0.29) is 5.82 Å². The number of imidazole rings is 1. The third kappa shape index (κ3) is 1.61. The smallest absolute Gasteiger partial charge is 0.140 e. The zero-order valence-corrected chi connectivity index (χ0v) is 9.08. The second-order valence-corrected chi connectivity index (χ2v) is 4.40. The second kappa shape index (κ2) is 3.03. The van der Waals surface area contributed by atoms with Crippen LogP contribution in [0.15, 0.2) is 18.5 Å². The molecule has 0 bridgehead atoms. The van der Waals surface area contributed by atoms with Crippen LogP contribution in [0.5, 0.6) is 0 Å². The summed E-state index contributed by atoms with van der Waals surface area (Å²) in [6.45, 7) is 5.55. The van der Waals surface area contributed by atoms with Crippen molar-refractivity contribution < 1.29 is 4.39 Å². The molecule has 0 unspecified atom stereocenters. The summed E-state index contributed by atoms with van der Waals surface area (Å²) in [5.41, 5.74) is 7.14. The molecule has 0 atom stereocenters. The minimum absolute atomic E-state index is 0.275. The number of hydrogen-bond acceptors (Lipinski definition) is 2. The number of halogens is 1. The first kappa shape index (κ1) is 10.1. The maximum absolute atomic E-state index is 13.3. The summed E-state index contributed by atoms with van der Waals surface area (Å²) in [6.07, 6.45) is 3.14. The van der Waals surface area contributed by atoms with Gasteiger partial charge in [-0.25, -0.2) is 9.37 Å². The van der Waals surface area contributed by atoms with Gasteiger partial charge in [-0.1, -0.05) is 0 Å². The number of nitrogens with zero attached hydrogens (tertiary/aromatic N) is 2. The predicted octanol–water partition coefficient (Wildman–Crippen LogP) is 1.98. The van der Waals surface area contributed by atoms with E-state index in [1.54, 1.807) is 10.6 Å². The fraction of sp³-hybridized carbons (Fsp3) is 0.364. The Labute approximate surface area is 87.7 Å². The second-order valence-electron chi connectivity index (χ2n) is 4.40. The van der Waals surface area contributed by atoms with Gasteiger partial charge in [-0.15, -0.1) is 0 Å². The van der Waals surface area contributed by atoms with Crippen LogP contribution in [0.3, 0.4) is 0 Å². The Hall–Kier alpha value is -1.42. The Morgan fingerprint density at radius 3 is 2.73 bits per heavy atom.